The Kier molecular flexibility index (Phi) is 9.79. The van der Waals surface area contributed by atoms with Crippen LogP contribution in [0.2, 0.25) is 0 Å². The van der Waals surface area contributed by atoms with Crippen molar-refractivity contribution in [3.05, 3.63) is 113 Å². The number of hydrogen-bond acceptors (Lipinski definition) is 9. The summed E-state index contributed by atoms with van der Waals surface area (Å²) in [6, 6.07) is 28.3. The maximum Gasteiger partial charge on any atom is 0.255 e. The topological polar surface area (TPSA) is 115 Å². The van der Waals surface area contributed by atoms with Gasteiger partial charge in [0.25, 0.3) is 5.91 Å². The Balaban J connectivity index is 0.787. The summed E-state index contributed by atoms with van der Waals surface area (Å²) in [5.41, 5.74) is 7.47. The van der Waals surface area contributed by atoms with Crippen molar-refractivity contribution in [2.75, 3.05) is 69.3 Å². The van der Waals surface area contributed by atoms with Crippen molar-refractivity contribution in [2.24, 2.45) is 5.92 Å². The molecule has 4 aromatic rings. The summed E-state index contributed by atoms with van der Waals surface area (Å²) in [6.45, 7) is 8.00. The van der Waals surface area contributed by atoms with Crippen molar-refractivity contribution in [3.8, 4) is 17.2 Å². The van der Waals surface area contributed by atoms with E-state index in [1.807, 2.05) is 30.3 Å². The first-order valence-electron chi connectivity index (χ1n) is 20.0. The number of fused-ring (bicyclic) bond motifs is 2. The van der Waals surface area contributed by atoms with Crippen molar-refractivity contribution in [2.45, 2.75) is 50.1 Å². The second kappa shape index (κ2) is 15.2. The van der Waals surface area contributed by atoms with Crippen LogP contribution in [-0.4, -0.2) is 98.2 Å². The van der Waals surface area contributed by atoms with E-state index < -0.39 is 6.04 Å². The highest BCUT2D eigenvalue weighted by atomic mass is 16.5. The fourth-order valence-electron chi connectivity index (χ4n) is 9.55. The van der Waals surface area contributed by atoms with Crippen molar-refractivity contribution in [1.82, 2.24) is 15.1 Å². The van der Waals surface area contributed by atoms with E-state index in [0.717, 1.165) is 74.1 Å². The van der Waals surface area contributed by atoms with Crippen LogP contribution in [0.15, 0.2) is 84.9 Å². The van der Waals surface area contributed by atoms with Gasteiger partial charge in [-0.05, 0) is 90.4 Å². The minimum atomic E-state index is -0.593. The SMILES string of the molecule is COc1cccc(C2COc3cc(O)ccc3[C@H]2c2ccc(N3CCC(CN4CCN(c5ccc6c(c5)CN(C5CCC(=O)NC5=O)C6=O)CC4)CC3)cc2)c1. The van der Waals surface area contributed by atoms with Crippen LogP contribution in [0.1, 0.15) is 70.1 Å². The molecule has 0 radical (unpaired) electrons. The van der Waals surface area contributed by atoms with Gasteiger partial charge in [-0.2, -0.15) is 0 Å². The molecule has 3 atom stereocenters. The smallest absolute Gasteiger partial charge is 0.255 e. The summed E-state index contributed by atoms with van der Waals surface area (Å²) in [6.07, 6.45) is 2.96. The number of hydrogen-bond donors (Lipinski definition) is 2. The standard InChI is InChI=1S/C45H49N5O6/c1-55-36-4-2-3-31(24-36)39-28-56-41-25-35(51)10-12-38(41)43(39)30-5-7-33(8-6-30)48-17-15-29(16-18-48)26-47-19-21-49(22-20-47)34-9-11-37-32(23-34)27-50(45(37)54)40-13-14-42(52)46-44(40)53/h2-12,23-25,29,39-40,43,51H,13-22,26-28H2,1H3,(H,46,52,53)/t39?,40?,43-/m1/s1. The van der Waals surface area contributed by atoms with Crippen molar-refractivity contribution >= 4 is 29.1 Å². The molecule has 56 heavy (non-hydrogen) atoms. The second-order valence-corrected chi connectivity index (χ2v) is 15.9. The monoisotopic (exact) mass is 755 g/mol. The molecule has 11 nitrogen and oxygen atoms in total. The number of anilines is 2. The fourth-order valence-corrected chi connectivity index (χ4v) is 9.55. The number of rotatable bonds is 8. The number of phenols is 1. The van der Waals surface area contributed by atoms with Gasteiger partial charge in [-0.15, -0.1) is 0 Å². The molecule has 2 N–H and O–H groups in total. The van der Waals surface area contributed by atoms with Crippen LogP contribution in [-0.2, 0) is 16.1 Å². The lowest BCUT2D eigenvalue weighted by molar-refractivity contribution is -0.136. The van der Waals surface area contributed by atoms with Crippen LogP contribution in [0, 0.1) is 5.92 Å². The van der Waals surface area contributed by atoms with Gasteiger partial charge in [-0.25, -0.2) is 0 Å². The first kappa shape index (κ1) is 36.1. The molecule has 11 heteroatoms. The van der Waals surface area contributed by atoms with Crippen LogP contribution in [0.4, 0.5) is 11.4 Å². The van der Waals surface area contributed by atoms with Gasteiger partial charge >= 0.3 is 0 Å². The molecule has 5 aliphatic heterocycles. The van der Waals surface area contributed by atoms with Gasteiger partial charge in [0.15, 0.2) is 0 Å². The number of nitrogens with zero attached hydrogens (tertiary/aromatic N) is 4. The third-order valence-electron chi connectivity index (χ3n) is 12.7. The summed E-state index contributed by atoms with van der Waals surface area (Å²) in [5, 5.41) is 12.6. The number of phenolic OH excluding ortho intramolecular Hbond substituents is 1. The number of benzene rings is 4. The van der Waals surface area contributed by atoms with Gasteiger partial charge in [0.05, 0.1) is 13.7 Å². The number of aromatic hydroxyl groups is 1. The maximum atomic E-state index is 13.2. The number of ether oxygens (including phenoxy) is 2. The molecule has 2 unspecified atom stereocenters. The minimum Gasteiger partial charge on any atom is -0.508 e. The van der Waals surface area contributed by atoms with Crippen LogP contribution >= 0.6 is 0 Å². The van der Waals surface area contributed by atoms with E-state index in [0.29, 0.717) is 31.1 Å². The predicted octanol–water partition coefficient (Wildman–Crippen LogP) is 5.51. The molecule has 0 aromatic heterocycles. The molecular weight excluding hydrogens is 707 g/mol. The van der Waals surface area contributed by atoms with E-state index in [4.69, 9.17) is 9.47 Å². The molecule has 0 saturated carbocycles. The Morgan fingerprint density at radius 1 is 0.804 bits per heavy atom. The van der Waals surface area contributed by atoms with Gasteiger partial charge in [0, 0.05) is 99.2 Å². The zero-order valence-electron chi connectivity index (χ0n) is 31.9. The third-order valence-corrected chi connectivity index (χ3v) is 12.7. The van der Waals surface area contributed by atoms with Crippen LogP contribution in [0.3, 0.4) is 0 Å². The number of nitrogens with one attached hydrogen (secondary N) is 1. The first-order chi connectivity index (χ1) is 27.3. The Labute approximate surface area is 327 Å². The Hall–Kier alpha value is -5.55. The number of carbonyl (C=O) groups excluding carboxylic acids is 3. The van der Waals surface area contributed by atoms with Crippen LogP contribution in [0.25, 0.3) is 0 Å². The van der Waals surface area contributed by atoms with Crippen molar-refractivity contribution < 1.29 is 29.0 Å². The van der Waals surface area contributed by atoms with Gasteiger partial charge in [0.1, 0.15) is 23.3 Å². The highest BCUT2D eigenvalue weighted by Gasteiger charge is 2.39. The molecule has 9 rings (SSSR count). The maximum absolute atomic E-state index is 13.2. The molecule has 5 aliphatic rings. The predicted molar refractivity (Wildman–Crippen MR) is 214 cm³/mol. The summed E-state index contributed by atoms with van der Waals surface area (Å²) < 4.78 is 11.8. The lowest BCUT2D eigenvalue weighted by atomic mass is 9.76. The normalized spacial score (nSPS) is 23.1. The lowest BCUT2D eigenvalue weighted by Crippen LogP contribution is -2.52. The number of imide groups is 1. The lowest BCUT2D eigenvalue weighted by Gasteiger charge is -2.40. The molecule has 5 heterocycles. The zero-order valence-corrected chi connectivity index (χ0v) is 31.9. The largest absolute Gasteiger partial charge is 0.508 e. The molecule has 290 valence electrons. The van der Waals surface area contributed by atoms with E-state index in [1.54, 1.807) is 24.1 Å². The number of carbonyl (C=O) groups is 3. The van der Waals surface area contributed by atoms with Gasteiger partial charge in [-0.1, -0.05) is 30.3 Å². The Morgan fingerprint density at radius 2 is 1.57 bits per heavy atom. The average Bonchev–Trinajstić information content (AvgIpc) is 3.55. The van der Waals surface area contributed by atoms with Gasteiger partial charge < -0.3 is 29.3 Å². The summed E-state index contributed by atoms with van der Waals surface area (Å²) in [7, 11) is 1.69. The Morgan fingerprint density at radius 3 is 2.34 bits per heavy atom. The highest BCUT2D eigenvalue weighted by Crippen LogP contribution is 2.47. The molecule has 0 bridgehead atoms. The van der Waals surface area contributed by atoms with E-state index >= 15 is 0 Å². The number of methoxy groups -OCH3 is 1. The van der Waals surface area contributed by atoms with Crippen molar-refractivity contribution in [3.63, 3.8) is 0 Å². The number of amides is 3. The highest BCUT2D eigenvalue weighted by molar-refractivity contribution is 6.05. The van der Waals surface area contributed by atoms with E-state index in [9.17, 15) is 19.5 Å². The average molecular weight is 756 g/mol. The molecule has 0 spiro atoms. The van der Waals surface area contributed by atoms with E-state index in [2.05, 4.69) is 62.5 Å². The Bertz CT molecular complexity index is 2120. The minimum absolute atomic E-state index is 0.0777. The van der Waals surface area contributed by atoms with E-state index in [1.165, 1.54) is 29.7 Å². The van der Waals surface area contributed by atoms with Gasteiger partial charge in [-0.3, -0.25) is 24.6 Å². The van der Waals surface area contributed by atoms with Gasteiger partial charge in [0.2, 0.25) is 11.8 Å². The zero-order chi connectivity index (χ0) is 38.3. The van der Waals surface area contributed by atoms with E-state index in [-0.39, 0.29) is 41.7 Å². The molecular formula is C45H49N5O6. The van der Waals surface area contributed by atoms with Crippen LogP contribution < -0.4 is 24.6 Å². The van der Waals surface area contributed by atoms with Crippen molar-refractivity contribution in [1.29, 1.82) is 0 Å². The van der Waals surface area contributed by atoms with Crippen LogP contribution in [0.5, 0.6) is 17.2 Å². The molecule has 4 aromatic carbocycles. The first-order valence-corrected chi connectivity index (χ1v) is 20.0. The number of piperazine rings is 1. The molecule has 3 saturated heterocycles. The quantitative estimate of drug-likeness (QED) is 0.225. The second-order valence-electron chi connectivity index (χ2n) is 15.9. The molecule has 3 amide bonds. The molecule has 0 aliphatic carbocycles. The third kappa shape index (κ3) is 7.04. The fraction of sp³-hybridized carbons (Fsp3) is 0.400. The summed E-state index contributed by atoms with van der Waals surface area (Å²) in [5.74, 6) is 1.85. The molecule has 3 fully saturated rings. The number of piperidine rings is 2. The summed E-state index contributed by atoms with van der Waals surface area (Å²) in [4.78, 5) is 46.4. The summed E-state index contributed by atoms with van der Waals surface area (Å²) >= 11 is 0.